The Kier molecular flexibility index (Phi) is 9.16. The average molecular weight is 539 g/mol. The van der Waals surface area contributed by atoms with Crippen LogP contribution >= 0.6 is 0 Å². The van der Waals surface area contributed by atoms with Gasteiger partial charge in [0, 0.05) is 11.6 Å². The molecule has 0 saturated heterocycles. The number of nitriles is 1. The molecule has 1 unspecified atom stereocenters. The van der Waals surface area contributed by atoms with E-state index in [0.29, 0.717) is 29.2 Å². The highest BCUT2D eigenvalue weighted by molar-refractivity contribution is 5.91. The second kappa shape index (κ2) is 12.7. The van der Waals surface area contributed by atoms with Gasteiger partial charge in [0.2, 0.25) is 5.88 Å². The summed E-state index contributed by atoms with van der Waals surface area (Å²) in [4.78, 5) is 12.8. The van der Waals surface area contributed by atoms with Crippen molar-refractivity contribution in [1.29, 1.82) is 5.26 Å². The number of hydrogen-bond acceptors (Lipinski definition) is 6. The first-order valence-corrected chi connectivity index (χ1v) is 14.0. The average Bonchev–Trinajstić information content (AvgIpc) is 2.94. The summed E-state index contributed by atoms with van der Waals surface area (Å²) in [5, 5.41) is 9.89. The Hall–Kier alpha value is -4.24. The molecule has 0 aromatic heterocycles. The molecule has 6 nitrogen and oxygen atoms in total. The molecule has 3 aromatic carbocycles. The number of nitrogens with two attached hydrogens (primary N) is 1. The third-order valence-electron chi connectivity index (χ3n) is 7.12. The van der Waals surface area contributed by atoms with Crippen molar-refractivity contribution in [2.45, 2.75) is 71.1 Å². The van der Waals surface area contributed by atoms with E-state index in [2.05, 4.69) is 33.8 Å². The zero-order valence-corrected chi connectivity index (χ0v) is 23.8. The van der Waals surface area contributed by atoms with Gasteiger partial charge in [0.1, 0.15) is 28.9 Å². The number of unbranched alkanes of at least 4 members (excludes halogenated alkanes) is 4. The van der Waals surface area contributed by atoms with Crippen molar-refractivity contribution in [1.82, 2.24) is 0 Å². The number of allylic oxidation sites excluding steroid dienone is 1. The maximum absolute atomic E-state index is 12.8. The van der Waals surface area contributed by atoms with E-state index in [1.54, 1.807) is 24.3 Å². The monoisotopic (exact) mass is 538 g/mol. The minimum Gasteiger partial charge on any atom is -0.494 e. The molecule has 3 aromatic rings. The lowest BCUT2D eigenvalue weighted by atomic mass is 9.83. The van der Waals surface area contributed by atoms with E-state index in [0.717, 1.165) is 28.9 Å². The smallest absolute Gasteiger partial charge is 0.343 e. The molecule has 0 amide bonds. The fourth-order valence-corrected chi connectivity index (χ4v) is 4.77. The first-order valence-electron chi connectivity index (χ1n) is 14.0. The van der Waals surface area contributed by atoms with Crippen molar-refractivity contribution >= 4 is 5.97 Å². The van der Waals surface area contributed by atoms with Gasteiger partial charge in [-0.1, -0.05) is 83.7 Å². The Morgan fingerprint density at radius 1 is 0.950 bits per heavy atom. The first-order chi connectivity index (χ1) is 19.2. The van der Waals surface area contributed by atoms with Gasteiger partial charge in [-0.15, -0.1) is 0 Å². The second-order valence-corrected chi connectivity index (χ2v) is 11.2. The van der Waals surface area contributed by atoms with Crippen LogP contribution in [-0.4, -0.2) is 12.6 Å². The van der Waals surface area contributed by atoms with Gasteiger partial charge in [-0.25, -0.2) is 4.79 Å². The van der Waals surface area contributed by atoms with Gasteiger partial charge < -0.3 is 19.9 Å². The second-order valence-electron chi connectivity index (χ2n) is 11.2. The fraction of sp³-hybridized carbons (Fsp3) is 0.353. The van der Waals surface area contributed by atoms with Crippen LogP contribution in [0.5, 0.6) is 17.2 Å². The van der Waals surface area contributed by atoms with Crippen LogP contribution in [0.4, 0.5) is 0 Å². The summed E-state index contributed by atoms with van der Waals surface area (Å²) in [7, 11) is 0. The van der Waals surface area contributed by atoms with Gasteiger partial charge in [0.05, 0.1) is 18.1 Å². The third-order valence-corrected chi connectivity index (χ3v) is 7.12. The zero-order valence-electron chi connectivity index (χ0n) is 23.8. The van der Waals surface area contributed by atoms with Crippen LogP contribution in [-0.2, 0) is 5.41 Å². The van der Waals surface area contributed by atoms with E-state index >= 15 is 0 Å². The largest absolute Gasteiger partial charge is 0.494 e. The highest BCUT2D eigenvalue weighted by Crippen LogP contribution is 2.43. The van der Waals surface area contributed by atoms with Crippen molar-refractivity contribution in [2.75, 3.05) is 6.61 Å². The lowest BCUT2D eigenvalue weighted by molar-refractivity contribution is 0.0734. The molecule has 1 atom stereocenters. The minimum absolute atomic E-state index is 0.00817. The van der Waals surface area contributed by atoms with E-state index in [1.807, 2.05) is 42.5 Å². The van der Waals surface area contributed by atoms with Crippen LogP contribution in [0.2, 0.25) is 0 Å². The van der Waals surface area contributed by atoms with Crippen molar-refractivity contribution in [3.05, 3.63) is 100 Å². The number of carbonyl (C=O) groups excluding carboxylic acids is 1. The molecule has 1 aliphatic rings. The van der Waals surface area contributed by atoms with Crippen molar-refractivity contribution in [2.24, 2.45) is 5.73 Å². The number of benzene rings is 3. The van der Waals surface area contributed by atoms with Crippen LogP contribution in [0.25, 0.3) is 0 Å². The molecular formula is C34H38N2O4. The number of nitrogens with zero attached hydrogens (tertiary/aromatic N) is 1. The summed E-state index contributed by atoms with van der Waals surface area (Å²) in [5.74, 6) is 0.732. The number of ether oxygens (including phenoxy) is 3. The molecule has 0 saturated carbocycles. The fourth-order valence-electron chi connectivity index (χ4n) is 4.77. The van der Waals surface area contributed by atoms with E-state index in [1.165, 1.54) is 25.7 Å². The van der Waals surface area contributed by atoms with Crippen LogP contribution in [0.15, 0.2) is 78.2 Å². The van der Waals surface area contributed by atoms with Crippen LogP contribution in [0.1, 0.15) is 92.8 Å². The van der Waals surface area contributed by atoms with Crippen molar-refractivity contribution < 1.29 is 19.0 Å². The van der Waals surface area contributed by atoms with Crippen molar-refractivity contribution in [3.63, 3.8) is 0 Å². The van der Waals surface area contributed by atoms with Gasteiger partial charge in [-0.05, 0) is 53.3 Å². The van der Waals surface area contributed by atoms with Gasteiger partial charge in [0.15, 0.2) is 0 Å². The lowest BCUT2D eigenvalue weighted by Crippen LogP contribution is -2.21. The highest BCUT2D eigenvalue weighted by Gasteiger charge is 2.31. The summed E-state index contributed by atoms with van der Waals surface area (Å²) in [5.41, 5.74) is 9.75. The Morgan fingerprint density at radius 2 is 1.62 bits per heavy atom. The molecule has 0 spiro atoms. The summed E-state index contributed by atoms with van der Waals surface area (Å²) >= 11 is 0. The van der Waals surface area contributed by atoms with Gasteiger partial charge in [0.25, 0.3) is 0 Å². The molecule has 1 aliphatic heterocycles. The summed E-state index contributed by atoms with van der Waals surface area (Å²) in [6.45, 7) is 9.25. The standard InChI is InChI=1S/C34H38N2O4/c1-5-6-7-8-9-20-38-26-16-12-23(13-17-26)31-28-19-18-27(21-30(28)40-32(36)29(31)22-35)39-33(37)24-10-14-25(15-11-24)34(2,3)4/h10-19,21,31H,5-9,20,36H2,1-4H3. The molecule has 0 aliphatic carbocycles. The maximum Gasteiger partial charge on any atom is 0.343 e. The molecule has 1 heterocycles. The maximum atomic E-state index is 12.8. The number of fused-ring (bicyclic) bond motifs is 1. The Balaban J connectivity index is 1.49. The molecule has 6 heteroatoms. The van der Waals surface area contributed by atoms with E-state index in [4.69, 9.17) is 19.9 Å². The predicted octanol–water partition coefficient (Wildman–Crippen LogP) is 7.77. The molecule has 208 valence electrons. The van der Waals surface area contributed by atoms with E-state index < -0.39 is 11.9 Å². The number of esters is 1. The first kappa shape index (κ1) is 28.8. The summed E-state index contributed by atoms with van der Waals surface area (Å²) < 4.78 is 17.4. The molecule has 0 radical (unpaired) electrons. The molecule has 0 fully saturated rings. The van der Waals surface area contributed by atoms with Crippen molar-refractivity contribution in [3.8, 4) is 23.3 Å². The van der Waals surface area contributed by atoms with Gasteiger partial charge in [-0.2, -0.15) is 5.26 Å². The SMILES string of the molecule is CCCCCCCOc1ccc(C2C(C#N)=C(N)Oc3cc(OC(=O)c4ccc(C(C)(C)C)cc4)ccc32)cc1. The number of hydrogen-bond donors (Lipinski definition) is 1. The predicted molar refractivity (Wildman–Crippen MR) is 157 cm³/mol. The van der Waals surface area contributed by atoms with Crippen LogP contribution in [0.3, 0.4) is 0 Å². The van der Waals surface area contributed by atoms with Crippen LogP contribution in [0, 0.1) is 11.3 Å². The zero-order chi connectivity index (χ0) is 28.7. The quantitative estimate of drug-likeness (QED) is 0.161. The van der Waals surface area contributed by atoms with Gasteiger partial charge in [-0.3, -0.25) is 0 Å². The van der Waals surface area contributed by atoms with E-state index in [9.17, 15) is 10.1 Å². The molecule has 40 heavy (non-hydrogen) atoms. The van der Waals surface area contributed by atoms with Gasteiger partial charge >= 0.3 is 5.97 Å². The minimum atomic E-state index is -0.463. The third kappa shape index (κ3) is 6.84. The van der Waals surface area contributed by atoms with Crippen LogP contribution < -0.4 is 19.9 Å². The Morgan fingerprint density at radius 3 is 2.27 bits per heavy atom. The Bertz CT molecular complexity index is 1390. The molecular weight excluding hydrogens is 500 g/mol. The highest BCUT2D eigenvalue weighted by atomic mass is 16.5. The summed E-state index contributed by atoms with van der Waals surface area (Å²) in [6, 6.07) is 22.5. The lowest BCUT2D eigenvalue weighted by Gasteiger charge is -2.27. The molecule has 2 N–H and O–H groups in total. The molecule has 4 rings (SSSR count). The number of carbonyl (C=O) groups is 1. The normalized spacial score (nSPS) is 14.6. The number of rotatable bonds is 10. The topological polar surface area (TPSA) is 94.6 Å². The summed E-state index contributed by atoms with van der Waals surface area (Å²) in [6.07, 6.45) is 5.91. The van der Waals surface area contributed by atoms with E-state index in [-0.39, 0.29) is 11.3 Å². The Labute approximate surface area is 237 Å². The molecule has 0 bridgehead atoms.